The molecule has 48 heavy (non-hydrogen) atoms. The Morgan fingerprint density at radius 3 is 2.79 bits per heavy atom. The molecule has 2 aromatic heterocycles. The number of rotatable bonds is 6. The van der Waals surface area contributed by atoms with Crippen LogP contribution in [0.25, 0.3) is 32.1 Å². The summed E-state index contributed by atoms with van der Waals surface area (Å²) in [5.74, 6) is -1.29. The van der Waals surface area contributed by atoms with Gasteiger partial charge >= 0.3 is 12.1 Å². The van der Waals surface area contributed by atoms with Gasteiger partial charge in [0, 0.05) is 36.0 Å². The van der Waals surface area contributed by atoms with E-state index in [9.17, 15) is 24.7 Å². The molecule has 1 unspecified atom stereocenters. The van der Waals surface area contributed by atoms with E-state index in [1.165, 1.54) is 12.1 Å². The van der Waals surface area contributed by atoms with Crippen LogP contribution >= 0.6 is 22.9 Å². The van der Waals surface area contributed by atoms with Crippen LogP contribution in [0.3, 0.4) is 0 Å². The Balaban J connectivity index is 1.40. The van der Waals surface area contributed by atoms with Crippen molar-refractivity contribution in [2.75, 3.05) is 43.0 Å². The van der Waals surface area contributed by atoms with Crippen molar-refractivity contribution in [2.24, 2.45) is 0 Å². The number of aliphatic hydroxyl groups is 1. The maximum Gasteiger partial charge on any atom is 0.409 e. The Hall–Kier alpha value is -4.16. The van der Waals surface area contributed by atoms with Gasteiger partial charge in [0.15, 0.2) is 5.82 Å². The second-order valence-electron chi connectivity index (χ2n) is 12.9. The molecule has 15 heteroatoms. The summed E-state index contributed by atoms with van der Waals surface area (Å²) < 4.78 is 51.7. The quantitative estimate of drug-likeness (QED) is 0.191. The summed E-state index contributed by atoms with van der Waals surface area (Å²) in [6.45, 7) is 3.90. The lowest BCUT2D eigenvalue weighted by atomic mass is 9.94. The number of amides is 1. The molecule has 2 atom stereocenters. The number of hydrogen-bond donors (Lipinski definition) is 3. The van der Waals surface area contributed by atoms with Crippen LogP contribution in [0.1, 0.15) is 44.6 Å². The maximum atomic E-state index is 17.0. The van der Waals surface area contributed by atoms with Crippen molar-refractivity contribution in [2.45, 2.75) is 50.2 Å². The number of aromatic nitrogens is 2. The van der Waals surface area contributed by atoms with E-state index in [2.05, 4.69) is 15.2 Å². The number of halogens is 4. The van der Waals surface area contributed by atoms with E-state index in [0.717, 1.165) is 25.5 Å². The van der Waals surface area contributed by atoms with Gasteiger partial charge in [-0.05, 0) is 68.8 Å². The van der Waals surface area contributed by atoms with E-state index < -0.39 is 28.9 Å². The van der Waals surface area contributed by atoms with E-state index in [-0.39, 0.29) is 66.9 Å². The first-order chi connectivity index (χ1) is 22.9. The number of carboxylic acid groups (broad SMARTS) is 1. The fourth-order valence-electron chi connectivity index (χ4n) is 7.44. The third kappa shape index (κ3) is 5.48. The minimum absolute atomic E-state index is 0.00242. The second kappa shape index (κ2) is 12.1. The fourth-order valence-corrected chi connectivity index (χ4v) is 8.80. The summed E-state index contributed by atoms with van der Waals surface area (Å²) in [5.41, 5.74) is -1.21. The minimum atomic E-state index is -1.45. The van der Waals surface area contributed by atoms with Crippen LogP contribution in [-0.4, -0.2) is 75.1 Å². The van der Waals surface area contributed by atoms with Gasteiger partial charge < -0.3 is 19.8 Å². The molecule has 0 saturated carbocycles. The predicted molar refractivity (Wildman–Crippen MR) is 177 cm³/mol. The lowest BCUT2D eigenvalue weighted by Crippen LogP contribution is -2.46. The van der Waals surface area contributed by atoms with Crippen LogP contribution < -0.4 is 15.0 Å². The van der Waals surface area contributed by atoms with Gasteiger partial charge in [-0.25, -0.2) is 18.0 Å². The Morgan fingerprint density at radius 2 is 2.06 bits per heavy atom. The Labute approximate surface area is 282 Å². The average Bonchev–Trinajstić information content (AvgIpc) is 3.71. The summed E-state index contributed by atoms with van der Waals surface area (Å²) in [4.78, 5) is 24.6. The van der Waals surface area contributed by atoms with Gasteiger partial charge in [-0.2, -0.15) is 15.2 Å². The monoisotopic (exact) mass is 698 g/mol. The molecule has 3 aliphatic heterocycles. The molecule has 5 heterocycles. The van der Waals surface area contributed by atoms with E-state index in [4.69, 9.17) is 21.3 Å². The van der Waals surface area contributed by atoms with Gasteiger partial charge in [0.05, 0.1) is 32.8 Å². The van der Waals surface area contributed by atoms with E-state index in [1.807, 2.05) is 11.0 Å². The van der Waals surface area contributed by atoms with Crippen LogP contribution in [0.2, 0.25) is 5.02 Å². The number of nitrogens with zero attached hydrogens (tertiary/aromatic N) is 5. The van der Waals surface area contributed by atoms with Crippen molar-refractivity contribution in [1.82, 2.24) is 14.9 Å². The normalized spacial score (nSPS) is 23.6. The SMILES string of the molecule is C[C@@]1(O)CCCN(c2nc(OCC34CCCN3C/C(=C\F)C4)nc3c(F)c(-c4ccc(F)c5sc(NC(=O)O)c(C#N)c45)c(Cl)cc23)C1. The number of benzene rings is 2. The van der Waals surface area contributed by atoms with Gasteiger partial charge in [-0.15, -0.1) is 11.3 Å². The number of β-amino-alcohol motifs (C(OH)–C–C–N with tert-alkyl or cyclic N) is 1. The molecule has 2 aromatic carbocycles. The van der Waals surface area contributed by atoms with Crippen molar-refractivity contribution in [3.8, 4) is 23.2 Å². The molecule has 0 aliphatic carbocycles. The van der Waals surface area contributed by atoms with Crippen molar-refractivity contribution < 1.29 is 32.9 Å². The number of nitrogens with one attached hydrogen (secondary N) is 1. The molecule has 10 nitrogen and oxygen atoms in total. The molecule has 3 saturated heterocycles. The third-order valence-electron chi connectivity index (χ3n) is 9.52. The summed E-state index contributed by atoms with van der Waals surface area (Å²) in [6, 6.07) is 5.69. The zero-order valence-corrected chi connectivity index (χ0v) is 27.3. The lowest BCUT2D eigenvalue weighted by Gasteiger charge is -2.38. The van der Waals surface area contributed by atoms with Crippen molar-refractivity contribution in [1.29, 1.82) is 5.26 Å². The van der Waals surface area contributed by atoms with E-state index >= 15 is 8.78 Å². The summed E-state index contributed by atoms with van der Waals surface area (Å²) >= 11 is 7.51. The molecule has 1 amide bonds. The molecule has 3 aliphatic rings. The van der Waals surface area contributed by atoms with Gasteiger partial charge in [0.1, 0.15) is 34.8 Å². The number of carbonyl (C=O) groups is 1. The molecular weight excluding hydrogens is 669 g/mol. The molecule has 250 valence electrons. The number of piperidine rings is 1. The highest BCUT2D eigenvalue weighted by atomic mass is 35.5. The van der Waals surface area contributed by atoms with Crippen molar-refractivity contribution in [3.05, 3.63) is 52.3 Å². The minimum Gasteiger partial charge on any atom is -0.465 e. The van der Waals surface area contributed by atoms with Gasteiger partial charge in [0.2, 0.25) is 0 Å². The van der Waals surface area contributed by atoms with Crippen LogP contribution in [-0.2, 0) is 0 Å². The topological polar surface area (TPSA) is 135 Å². The molecule has 0 spiro atoms. The lowest BCUT2D eigenvalue weighted by molar-refractivity contribution is 0.0447. The third-order valence-corrected chi connectivity index (χ3v) is 10.9. The molecular formula is C33H30ClF3N6O4S. The predicted octanol–water partition coefficient (Wildman–Crippen LogP) is 7.23. The number of hydrogen-bond acceptors (Lipinski definition) is 9. The van der Waals surface area contributed by atoms with Crippen LogP contribution in [0.4, 0.5) is 28.8 Å². The van der Waals surface area contributed by atoms with E-state index in [1.54, 1.807) is 6.92 Å². The Bertz CT molecular complexity index is 2070. The first-order valence-electron chi connectivity index (χ1n) is 15.4. The zero-order valence-electron chi connectivity index (χ0n) is 25.7. The van der Waals surface area contributed by atoms with Crippen molar-refractivity contribution in [3.63, 3.8) is 0 Å². The van der Waals surface area contributed by atoms with Gasteiger partial charge in [-0.3, -0.25) is 10.2 Å². The molecule has 0 bridgehead atoms. The first kappa shape index (κ1) is 32.4. The number of anilines is 2. The van der Waals surface area contributed by atoms with Crippen molar-refractivity contribution >= 4 is 60.8 Å². The second-order valence-corrected chi connectivity index (χ2v) is 14.4. The van der Waals surface area contributed by atoms with Gasteiger partial charge in [0.25, 0.3) is 0 Å². The number of fused-ring (bicyclic) bond motifs is 3. The molecule has 0 radical (unpaired) electrons. The standard InChI is InChI=1S/C33H30ClF3N6O4S/c1-32(46)6-2-8-42(15-32)28-19-10-21(34)24(18-4-5-22(36)27-23(18)20(13-38)29(48-27)41-31(44)45)25(37)26(19)39-30(40-28)47-16-33-7-3-9-43(33)14-17(11-33)12-35/h4-5,10,12,41,46H,2-3,6-9,11,14-16H2,1H3,(H,44,45)/b17-12-/t32-,33?/m1/s1. The first-order valence-corrected chi connectivity index (χ1v) is 16.6. The molecule has 7 rings (SSSR count). The molecule has 4 aromatic rings. The number of nitriles is 1. The fraction of sp³-hybridized carbons (Fsp3) is 0.394. The Kier molecular flexibility index (Phi) is 8.14. The average molecular weight is 699 g/mol. The Morgan fingerprint density at radius 1 is 1.27 bits per heavy atom. The number of thiophene rings is 1. The highest BCUT2D eigenvalue weighted by molar-refractivity contribution is 7.23. The zero-order chi connectivity index (χ0) is 34.0. The van der Waals surface area contributed by atoms with E-state index in [0.29, 0.717) is 61.4 Å². The number of ether oxygens (including phenoxy) is 1. The van der Waals surface area contributed by atoms with Gasteiger partial charge in [-0.1, -0.05) is 17.7 Å². The summed E-state index contributed by atoms with van der Waals surface area (Å²) in [6.07, 6.45) is 2.62. The summed E-state index contributed by atoms with van der Waals surface area (Å²) in [7, 11) is 0. The summed E-state index contributed by atoms with van der Waals surface area (Å²) in [5, 5.41) is 32.4. The van der Waals surface area contributed by atoms with Crippen LogP contribution in [0.15, 0.2) is 30.1 Å². The van der Waals surface area contributed by atoms with Crippen LogP contribution in [0.5, 0.6) is 6.01 Å². The smallest absolute Gasteiger partial charge is 0.409 e. The highest BCUT2D eigenvalue weighted by Crippen LogP contribution is 2.47. The van der Waals surface area contributed by atoms with Crippen LogP contribution in [0, 0.1) is 23.0 Å². The largest absolute Gasteiger partial charge is 0.465 e. The molecule has 3 N–H and O–H groups in total. The molecule has 3 fully saturated rings. The highest BCUT2D eigenvalue weighted by Gasteiger charge is 2.47. The maximum absolute atomic E-state index is 17.0.